The molecule has 2 saturated carbocycles. The minimum absolute atomic E-state index is 0.00275. The summed E-state index contributed by atoms with van der Waals surface area (Å²) in [6, 6.07) is 7.37. The van der Waals surface area contributed by atoms with Crippen molar-refractivity contribution in [3.63, 3.8) is 0 Å². The number of aldehydes is 1. The molecule has 0 N–H and O–H groups in total. The van der Waals surface area contributed by atoms with Crippen LogP contribution in [0.4, 0.5) is 0 Å². The average Bonchev–Trinajstić information content (AvgIpc) is 3.49. The third-order valence-corrected chi connectivity index (χ3v) is 10.5. The average molecular weight is 550 g/mol. The lowest BCUT2D eigenvalue weighted by atomic mass is 9.47. The van der Waals surface area contributed by atoms with Crippen molar-refractivity contribution in [1.82, 2.24) is 9.55 Å². The van der Waals surface area contributed by atoms with Crippen molar-refractivity contribution in [3.05, 3.63) is 70.2 Å². The van der Waals surface area contributed by atoms with Gasteiger partial charge in [-0.25, -0.2) is 9.78 Å². The van der Waals surface area contributed by atoms with Crippen molar-refractivity contribution in [2.24, 2.45) is 28.6 Å². The van der Waals surface area contributed by atoms with Gasteiger partial charge in [-0.1, -0.05) is 41.4 Å². The Morgan fingerprint density at radius 1 is 1.11 bits per heavy atom. The third-order valence-electron chi connectivity index (χ3n) is 9.99. The fraction of sp³-hybridized carbons (Fsp3) is 0.500. The molecule has 4 aliphatic carbocycles. The smallest absolute Gasteiger partial charge is 0.338 e. The van der Waals surface area contributed by atoms with E-state index in [2.05, 4.69) is 45.4 Å². The molecule has 0 spiro atoms. The van der Waals surface area contributed by atoms with Crippen LogP contribution in [-0.4, -0.2) is 27.9 Å². The van der Waals surface area contributed by atoms with Gasteiger partial charge in [0, 0.05) is 40.0 Å². The molecule has 188 valence electrons. The number of fused-ring (bicyclic) bond motifs is 5. The zero-order valence-electron chi connectivity index (χ0n) is 21.0. The first kappa shape index (κ1) is 23.9. The van der Waals surface area contributed by atoms with Gasteiger partial charge < -0.3 is 9.30 Å². The summed E-state index contributed by atoms with van der Waals surface area (Å²) in [5.74, 6) is 1.41. The van der Waals surface area contributed by atoms with E-state index in [4.69, 9.17) is 4.74 Å². The highest BCUT2D eigenvalue weighted by Crippen LogP contribution is 2.66. The topological polar surface area (TPSA) is 61.2 Å². The molecule has 2 aromatic rings. The number of carbonyl (C=O) groups excluding carboxylic acids is 2. The standard InChI is InChI=1S/C30H33BrN2O3/c1-29-11-9-23(36-28(35)19-3-6-22(31)7-4-19)16-21(29)5-8-24-25(29)10-12-30(2)26(24)15-20(17-34)27(30)33-14-13-32-18-33/h3-7,13-14,17-18,23-26H,8-12,15-16H2,1-2H3/t23-,24+,25-,26-,29-,30-/m0/s1. The molecule has 1 heterocycles. The number of imidazole rings is 1. The molecule has 0 unspecified atom stereocenters. The minimum atomic E-state index is -0.232. The Bertz CT molecular complexity index is 1250. The molecule has 1 aromatic carbocycles. The summed E-state index contributed by atoms with van der Waals surface area (Å²) in [6.07, 6.45) is 16.1. The maximum Gasteiger partial charge on any atom is 0.338 e. The highest BCUT2D eigenvalue weighted by atomic mass is 79.9. The van der Waals surface area contributed by atoms with Crippen LogP contribution in [-0.2, 0) is 9.53 Å². The van der Waals surface area contributed by atoms with Crippen LogP contribution in [0.25, 0.3) is 5.70 Å². The summed E-state index contributed by atoms with van der Waals surface area (Å²) in [5, 5.41) is 0. The van der Waals surface area contributed by atoms with E-state index in [0.717, 1.165) is 54.9 Å². The van der Waals surface area contributed by atoms with E-state index < -0.39 is 0 Å². The van der Waals surface area contributed by atoms with Crippen molar-refractivity contribution in [1.29, 1.82) is 0 Å². The monoisotopic (exact) mass is 548 g/mol. The quantitative estimate of drug-likeness (QED) is 0.238. The number of hydrogen-bond donors (Lipinski definition) is 0. The lowest BCUT2D eigenvalue weighted by Gasteiger charge is -2.57. The second-order valence-electron chi connectivity index (χ2n) is 11.7. The Hall–Kier alpha value is -2.47. The van der Waals surface area contributed by atoms with Crippen molar-refractivity contribution in [2.75, 3.05) is 0 Å². The number of hydrogen-bond acceptors (Lipinski definition) is 4. The van der Waals surface area contributed by atoms with Crippen LogP contribution in [0.3, 0.4) is 0 Å². The van der Waals surface area contributed by atoms with Crippen molar-refractivity contribution >= 4 is 33.9 Å². The molecule has 2 fully saturated rings. The number of halogens is 1. The van der Waals surface area contributed by atoms with Crippen LogP contribution in [0.1, 0.15) is 69.2 Å². The molecule has 5 nitrogen and oxygen atoms in total. The maximum absolute atomic E-state index is 12.7. The summed E-state index contributed by atoms with van der Waals surface area (Å²) >= 11 is 3.42. The second kappa shape index (κ2) is 8.83. The van der Waals surface area contributed by atoms with Gasteiger partial charge in [0.2, 0.25) is 0 Å². The van der Waals surface area contributed by atoms with Crippen LogP contribution in [0.2, 0.25) is 0 Å². The van der Waals surface area contributed by atoms with Gasteiger partial charge in [0.05, 0.1) is 11.9 Å². The van der Waals surface area contributed by atoms with Gasteiger partial charge in [0.1, 0.15) is 12.4 Å². The van der Waals surface area contributed by atoms with Crippen LogP contribution >= 0.6 is 15.9 Å². The SMILES string of the molecule is C[C@]12CC[C@H](OC(=O)c3ccc(Br)cc3)CC1=CC[C@@H]1[C@@H]2CC[C@]2(C)C(n3ccnc3)=C(C=O)C[C@@H]12. The number of ether oxygens (including phenoxy) is 1. The molecule has 6 atom stereocenters. The second-order valence-corrected chi connectivity index (χ2v) is 12.6. The number of benzene rings is 1. The predicted octanol–water partition coefficient (Wildman–Crippen LogP) is 6.85. The van der Waals surface area contributed by atoms with E-state index >= 15 is 0 Å². The Kier molecular flexibility index (Phi) is 5.86. The fourth-order valence-corrected chi connectivity index (χ4v) is 8.44. The van der Waals surface area contributed by atoms with Gasteiger partial charge in [-0.15, -0.1) is 0 Å². The number of allylic oxidation sites excluding steroid dienone is 3. The predicted molar refractivity (Wildman–Crippen MR) is 142 cm³/mol. The van der Waals surface area contributed by atoms with E-state index in [-0.39, 0.29) is 22.9 Å². The van der Waals surface area contributed by atoms with E-state index in [9.17, 15) is 9.59 Å². The van der Waals surface area contributed by atoms with Gasteiger partial charge in [-0.2, -0.15) is 0 Å². The number of carbonyl (C=O) groups is 2. The zero-order valence-corrected chi connectivity index (χ0v) is 22.5. The number of esters is 1. The molecule has 0 radical (unpaired) electrons. The molecule has 6 heteroatoms. The minimum Gasteiger partial charge on any atom is -0.458 e. The molecule has 4 aliphatic rings. The van der Waals surface area contributed by atoms with Gasteiger partial charge in [-0.3, -0.25) is 4.79 Å². The summed E-state index contributed by atoms with van der Waals surface area (Å²) < 4.78 is 9.00. The summed E-state index contributed by atoms with van der Waals surface area (Å²) in [7, 11) is 0. The Morgan fingerprint density at radius 3 is 2.61 bits per heavy atom. The number of rotatable bonds is 4. The molecule has 1 aromatic heterocycles. The van der Waals surface area contributed by atoms with E-state index in [1.165, 1.54) is 17.7 Å². The lowest BCUT2D eigenvalue weighted by molar-refractivity contribution is -0.105. The molecule has 36 heavy (non-hydrogen) atoms. The summed E-state index contributed by atoms with van der Waals surface area (Å²) in [6.45, 7) is 4.82. The van der Waals surface area contributed by atoms with Crippen LogP contribution < -0.4 is 0 Å². The van der Waals surface area contributed by atoms with Crippen molar-refractivity contribution < 1.29 is 14.3 Å². The molecule has 6 rings (SSSR count). The Balaban J connectivity index is 1.22. The highest BCUT2D eigenvalue weighted by Gasteiger charge is 2.58. The lowest BCUT2D eigenvalue weighted by Crippen LogP contribution is -2.50. The van der Waals surface area contributed by atoms with Gasteiger partial charge in [-0.05, 0) is 86.0 Å². The first-order valence-corrected chi connectivity index (χ1v) is 14.0. The summed E-state index contributed by atoms with van der Waals surface area (Å²) in [4.78, 5) is 29.2. The first-order valence-electron chi connectivity index (χ1n) is 13.2. The van der Waals surface area contributed by atoms with E-state index in [1.54, 1.807) is 6.20 Å². The normalized spacial score (nSPS) is 35.4. The highest BCUT2D eigenvalue weighted by molar-refractivity contribution is 9.10. The van der Waals surface area contributed by atoms with Crippen LogP contribution in [0.5, 0.6) is 0 Å². The third kappa shape index (κ3) is 3.67. The number of nitrogens with zero attached hydrogens (tertiary/aromatic N) is 2. The molecule has 0 saturated heterocycles. The molecule has 0 aliphatic heterocycles. The fourth-order valence-electron chi connectivity index (χ4n) is 8.18. The van der Waals surface area contributed by atoms with Gasteiger partial charge in [0.15, 0.2) is 0 Å². The first-order chi connectivity index (χ1) is 17.3. The Labute approximate surface area is 221 Å². The van der Waals surface area contributed by atoms with Crippen LogP contribution in [0.15, 0.2) is 64.7 Å². The molecular weight excluding hydrogens is 516 g/mol. The zero-order chi connectivity index (χ0) is 25.1. The Morgan fingerprint density at radius 2 is 1.89 bits per heavy atom. The molecule has 0 amide bonds. The van der Waals surface area contributed by atoms with Gasteiger partial charge in [0.25, 0.3) is 0 Å². The van der Waals surface area contributed by atoms with Gasteiger partial charge >= 0.3 is 5.97 Å². The molecule has 0 bridgehead atoms. The van der Waals surface area contributed by atoms with Crippen LogP contribution in [0, 0.1) is 28.6 Å². The summed E-state index contributed by atoms with van der Waals surface area (Å²) in [5.41, 5.74) is 4.33. The van der Waals surface area contributed by atoms with E-state index in [0.29, 0.717) is 23.3 Å². The van der Waals surface area contributed by atoms with Crippen molar-refractivity contribution in [2.45, 2.75) is 64.9 Å². The number of aromatic nitrogens is 2. The largest absolute Gasteiger partial charge is 0.458 e. The van der Waals surface area contributed by atoms with Crippen molar-refractivity contribution in [3.8, 4) is 0 Å². The maximum atomic E-state index is 12.7. The molecular formula is C30H33BrN2O3. The van der Waals surface area contributed by atoms with E-state index in [1.807, 2.05) is 36.8 Å².